The molecule has 0 bridgehead atoms. The van der Waals surface area contributed by atoms with Gasteiger partial charge in [-0.3, -0.25) is 4.99 Å². The van der Waals surface area contributed by atoms with Crippen LogP contribution < -0.4 is 0 Å². The Hall–Kier alpha value is -2.54. The fraction of sp³-hybridized carbons (Fsp3) is 0.429. The Labute approximate surface area is 166 Å². The van der Waals surface area contributed by atoms with Crippen LogP contribution in [0.5, 0.6) is 0 Å². The molecule has 0 aliphatic carbocycles. The van der Waals surface area contributed by atoms with E-state index >= 15 is 0 Å². The van der Waals surface area contributed by atoms with Gasteiger partial charge in [0.25, 0.3) is 7.28 Å². The van der Waals surface area contributed by atoms with Gasteiger partial charge in [-0.05, 0) is 56.8 Å². The van der Waals surface area contributed by atoms with Gasteiger partial charge >= 0.3 is 0 Å². The van der Waals surface area contributed by atoms with Crippen molar-refractivity contribution in [2.45, 2.75) is 45.6 Å². The van der Waals surface area contributed by atoms with Crippen LogP contribution in [-0.4, -0.2) is 47.3 Å². The number of aromatic nitrogens is 2. The van der Waals surface area contributed by atoms with E-state index in [-0.39, 0.29) is 11.7 Å². The zero-order valence-electron chi connectivity index (χ0n) is 16.4. The lowest BCUT2D eigenvalue weighted by molar-refractivity contribution is 0.0667. The molecule has 3 heterocycles. The van der Waals surface area contributed by atoms with E-state index in [9.17, 15) is 4.79 Å². The molecule has 143 valence electrons. The zero-order valence-corrected chi connectivity index (χ0v) is 16.4. The number of hydrogen-bond acceptors (Lipinski definition) is 5. The molecule has 1 radical (unpaired) electrons. The Balaban J connectivity index is 1.50. The van der Waals surface area contributed by atoms with Crippen molar-refractivity contribution in [2.75, 3.05) is 13.2 Å². The summed E-state index contributed by atoms with van der Waals surface area (Å²) >= 11 is 0. The average Bonchev–Trinajstić information content (AvgIpc) is 3.13. The maximum Gasteiger partial charge on any atom is 0.268 e. The Morgan fingerprint density at radius 3 is 2.89 bits per heavy atom. The normalized spacial score (nSPS) is 17.9. The molecule has 7 heteroatoms. The number of fused-ring (bicyclic) bond motifs is 1. The zero-order chi connectivity index (χ0) is 19.5. The van der Waals surface area contributed by atoms with E-state index in [4.69, 9.17) is 14.7 Å². The van der Waals surface area contributed by atoms with Gasteiger partial charge < -0.3 is 9.53 Å². The number of rotatable bonds is 5. The van der Waals surface area contributed by atoms with Crippen LogP contribution in [0.3, 0.4) is 0 Å². The van der Waals surface area contributed by atoms with Gasteiger partial charge in [-0.1, -0.05) is 18.2 Å². The summed E-state index contributed by atoms with van der Waals surface area (Å²) < 4.78 is 7.36. The molecule has 0 unspecified atom stereocenters. The van der Waals surface area contributed by atoms with Gasteiger partial charge in [0.1, 0.15) is 5.68 Å². The molecule has 2 aliphatic heterocycles. The van der Waals surface area contributed by atoms with Crippen LogP contribution in [0.1, 0.15) is 54.6 Å². The fourth-order valence-corrected chi connectivity index (χ4v) is 3.62. The topological polar surface area (TPSA) is 68.8 Å². The molecular weight excluding hydrogens is 351 g/mol. The molecule has 28 heavy (non-hydrogen) atoms. The quantitative estimate of drug-likeness (QED) is 0.586. The van der Waals surface area contributed by atoms with E-state index in [2.05, 4.69) is 18.1 Å². The molecule has 6 nitrogen and oxygen atoms in total. The molecule has 0 amide bonds. The summed E-state index contributed by atoms with van der Waals surface area (Å²) in [4.78, 5) is 22.0. The predicted molar refractivity (Wildman–Crippen MR) is 112 cm³/mol. The monoisotopic (exact) mass is 375 g/mol. The van der Waals surface area contributed by atoms with Crippen molar-refractivity contribution in [3.8, 4) is 0 Å². The second-order valence-electron chi connectivity index (χ2n) is 7.42. The molecule has 0 atom stereocenters. The van der Waals surface area contributed by atoms with Crippen LogP contribution >= 0.6 is 0 Å². The third kappa shape index (κ3) is 3.99. The summed E-state index contributed by atoms with van der Waals surface area (Å²) in [6, 6.07) is 8.34. The summed E-state index contributed by atoms with van der Waals surface area (Å²) in [5.74, 6) is 0.697. The number of ether oxygens (including phenoxy) is 1. The van der Waals surface area contributed by atoms with E-state index in [0.29, 0.717) is 17.8 Å². The highest BCUT2D eigenvalue weighted by Crippen LogP contribution is 2.31. The molecule has 2 aliphatic rings. The van der Waals surface area contributed by atoms with Crippen LogP contribution in [0.4, 0.5) is 11.5 Å². The lowest BCUT2D eigenvalue weighted by Gasteiger charge is -2.24. The van der Waals surface area contributed by atoms with Crippen LogP contribution in [0, 0.1) is 6.92 Å². The van der Waals surface area contributed by atoms with Crippen molar-refractivity contribution >= 4 is 35.8 Å². The number of hydrogen-bond donors (Lipinski definition) is 0. The van der Waals surface area contributed by atoms with Crippen molar-refractivity contribution in [3.63, 3.8) is 0 Å². The van der Waals surface area contributed by atoms with Gasteiger partial charge in [-0.2, -0.15) is 5.10 Å². The third-order valence-electron chi connectivity index (χ3n) is 5.29. The first-order valence-electron chi connectivity index (χ1n) is 9.83. The minimum atomic E-state index is -0.00759. The predicted octanol–water partition coefficient (Wildman–Crippen LogP) is 4.00. The minimum absolute atomic E-state index is 0.00759. The highest BCUT2D eigenvalue weighted by atomic mass is 16.5. The molecule has 0 spiro atoms. The van der Waals surface area contributed by atoms with Gasteiger partial charge in [0.05, 0.1) is 23.5 Å². The second-order valence-corrected chi connectivity index (χ2v) is 7.42. The van der Waals surface area contributed by atoms with Crippen molar-refractivity contribution in [1.29, 1.82) is 0 Å². The summed E-state index contributed by atoms with van der Waals surface area (Å²) in [6.45, 7) is 5.53. The Bertz CT molecular complexity index is 942. The van der Waals surface area contributed by atoms with Gasteiger partial charge in [0.15, 0.2) is 5.82 Å². The maximum atomic E-state index is 12.5. The van der Waals surface area contributed by atoms with Crippen LogP contribution in [0.2, 0.25) is 0 Å². The first-order chi connectivity index (χ1) is 13.6. The molecule has 4 rings (SSSR count). The maximum absolute atomic E-state index is 12.5. The number of benzene rings is 1. The van der Waals surface area contributed by atoms with E-state index in [1.165, 1.54) is 0 Å². The van der Waals surface area contributed by atoms with Crippen molar-refractivity contribution in [3.05, 3.63) is 41.6 Å². The summed E-state index contributed by atoms with van der Waals surface area (Å²) in [7, 11) is 1.64. The van der Waals surface area contributed by atoms with Crippen LogP contribution in [0.15, 0.2) is 40.4 Å². The smallest absolute Gasteiger partial charge is 0.268 e. The van der Waals surface area contributed by atoms with Gasteiger partial charge in [0.2, 0.25) is 0 Å². The average molecular weight is 375 g/mol. The number of para-hydroxylation sites is 1. The van der Waals surface area contributed by atoms with E-state index in [1.807, 2.05) is 29.8 Å². The molecule has 1 fully saturated rings. The lowest BCUT2D eigenvalue weighted by atomic mass is 9.63. The molecular formula is C21H24BN4O2. The first-order valence-corrected chi connectivity index (χ1v) is 9.83. The highest BCUT2D eigenvalue weighted by Gasteiger charge is 2.28. The summed E-state index contributed by atoms with van der Waals surface area (Å²) in [5.41, 5.74) is 4.56. The molecule has 1 aromatic heterocycles. The van der Waals surface area contributed by atoms with Crippen LogP contribution in [-0.2, 0) is 4.74 Å². The summed E-state index contributed by atoms with van der Waals surface area (Å²) in [6.07, 6.45) is 4.90. The molecule has 1 aromatic carbocycles. The molecule has 0 N–H and O–H groups in total. The Morgan fingerprint density at radius 1 is 1.32 bits per heavy atom. The SMILES string of the molecule is CC(CCC1=Nc2c(cnn2C2CCOCC2)C(=O)[B]1)=Nc1ccccc1C. The third-order valence-corrected chi connectivity index (χ3v) is 5.29. The Kier molecular flexibility index (Phi) is 5.53. The Morgan fingerprint density at radius 2 is 2.11 bits per heavy atom. The second kappa shape index (κ2) is 8.23. The number of nitrogens with zero attached hydrogens (tertiary/aromatic N) is 4. The number of aliphatic imine (C=N–C) groups is 2. The molecule has 0 saturated carbocycles. The largest absolute Gasteiger partial charge is 0.381 e. The van der Waals surface area contributed by atoms with Gasteiger partial charge in [-0.15, -0.1) is 0 Å². The standard InChI is InChI=1S/C21H24BN4O2/c1-14-5-3-4-6-18(14)24-15(2)7-8-19-22-20(27)17-13-23-26(21(17)25-19)16-9-11-28-12-10-16/h3-6,13,16H,7-12H2,1-2H3. The van der Waals surface area contributed by atoms with E-state index in [0.717, 1.165) is 55.0 Å². The number of carbonyl (C=O) groups excluding carboxylic acids is 1. The van der Waals surface area contributed by atoms with E-state index < -0.39 is 0 Å². The molecule has 1 saturated heterocycles. The van der Waals surface area contributed by atoms with Crippen molar-refractivity contribution in [2.24, 2.45) is 9.98 Å². The lowest BCUT2D eigenvalue weighted by Crippen LogP contribution is -2.26. The van der Waals surface area contributed by atoms with Crippen LogP contribution in [0.25, 0.3) is 0 Å². The highest BCUT2D eigenvalue weighted by molar-refractivity contribution is 7.01. The van der Waals surface area contributed by atoms with Crippen molar-refractivity contribution in [1.82, 2.24) is 9.78 Å². The molecule has 2 aromatic rings. The minimum Gasteiger partial charge on any atom is -0.381 e. The van der Waals surface area contributed by atoms with Crippen molar-refractivity contribution < 1.29 is 9.53 Å². The number of carbonyl (C=O) groups is 1. The van der Waals surface area contributed by atoms with Gasteiger partial charge in [0, 0.05) is 18.9 Å². The first kappa shape index (κ1) is 18.8. The fourth-order valence-electron chi connectivity index (χ4n) is 3.62. The number of aryl methyl sites for hydroxylation is 1. The van der Waals surface area contributed by atoms with Gasteiger partial charge in [-0.25, -0.2) is 9.67 Å². The van der Waals surface area contributed by atoms with E-state index in [1.54, 1.807) is 13.5 Å². The summed E-state index contributed by atoms with van der Waals surface area (Å²) in [5, 5.41) is 4.46.